The van der Waals surface area contributed by atoms with Crippen LogP contribution in [0.3, 0.4) is 0 Å². The lowest BCUT2D eigenvalue weighted by Gasteiger charge is -2.09. The Morgan fingerprint density at radius 1 is 1.35 bits per heavy atom. The van der Waals surface area contributed by atoms with Crippen LogP contribution >= 0.6 is 0 Å². The first kappa shape index (κ1) is 14.0. The highest BCUT2D eigenvalue weighted by molar-refractivity contribution is 5.79. The Kier molecular flexibility index (Phi) is 5.11. The molecule has 20 heavy (non-hydrogen) atoms. The van der Waals surface area contributed by atoms with Gasteiger partial charge in [0.05, 0.1) is 13.1 Å². The van der Waals surface area contributed by atoms with Gasteiger partial charge in [-0.25, -0.2) is 9.38 Å². The van der Waals surface area contributed by atoms with Crippen molar-refractivity contribution < 1.29 is 8.91 Å². The third-order valence-electron chi connectivity index (χ3n) is 2.58. The number of halogens is 1. The smallest absolute Gasteiger partial charge is 0.191 e. The van der Waals surface area contributed by atoms with E-state index in [9.17, 15) is 4.39 Å². The van der Waals surface area contributed by atoms with E-state index >= 15 is 0 Å². The standard InChI is InChI=1S/C14H17FN4O/c1-2-16-14(18-10-13-6-7-20-19-13)17-9-11-4-3-5-12(15)8-11/h3-8H,2,9-10H2,1H3,(H2,16,17,18). The number of rotatable bonds is 5. The van der Waals surface area contributed by atoms with Crippen LogP contribution in [0, 0.1) is 5.82 Å². The molecule has 1 heterocycles. The summed E-state index contributed by atoms with van der Waals surface area (Å²) in [5.74, 6) is 0.401. The fourth-order valence-corrected chi connectivity index (χ4v) is 1.65. The van der Waals surface area contributed by atoms with Crippen LogP contribution in [0.25, 0.3) is 0 Å². The summed E-state index contributed by atoms with van der Waals surface area (Å²) in [5.41, 5.74) is 1.62. The molecule has 0 aliphatic rings. The average Bonchev–Trinajstić information content (AvgIpc) is 2.95. The molecule has 106 valence electrons. The maximum Gasteiger partial charge on any atom is 0.191 e. The Morgan fingerprint density at radius 2 is 2.25 bits per heavy atom. The van der Waals surface area contributed by atoms with Crippen molar-refractivity contribution in [2.75, 3.05) is 6.54 Å². The second kappa shape index (κ2) is 7.28. The highest BCUT2D eigenvalue weighted by atomic mass is 19.1. The third kappa shape index (κ3) is 4.38. The Labute approximate surface area is 116 Å². The van der Waals surface area contributed by atoms with E-state index < -0.39 is 0 Å². The summed E-state index contributed by atoms with van der Waals surface area (Å²) in [6.45, 7) is 3.65. The van der Waals surface area contributed by atoms with E-state index in [1.165, 1.54) is 18.4 Å². The third-order valence-corrected chi connectivity index (χ3v) is 2.58. The van der Waals surface area contributed by atoms with Gasteiger partial charge < -0.3 is 15.2 Å². The minimum absolute atomic E-state index is 0.252. The van der Waals surface area contributed by atoms with E-state index in [0.29, 0.717) is 19.0 Å². The van der Waals surface area contributed by atoms with Gasteiger partial charge in [0.25, 0.3) is 0 Å². The molecule has 0 atom stereocenters. The number of hydrogen-bond donors (Lipinski definition) is 2. The van der Waals surface area contributed by atoms with Crippen molar-refractivity contribution in [3.05, 3.63) is 53.7 Å². The van der Waals surface area contributed by atoms with E-state index in [1.807, 2.05) is 13.0 Å². The second-order valence-corrected chi connectivity index (χ2v) is 4.17. The normalized spacial score (nSPS) is 11.4. The van der Waals surface area contributed by atoms with Crippen LogP contribution in [0.1, 0.15) is 18.2 Å². The van der Waals surface area contributed by atoms with Gasteiger partial charge in [-0.1, -0.05) is 17.3 Å². The first-order valence-corrected chi connectivity index (χ1v) is 6.44. The molecule has 1 aromatic carbocycles. The number of hydrogen-bond acceptors (Lipinski definition) is 3. The van der Waals surface area contributed by atoms with Crippen molar-refractivity contribution in [2.45, 2.75) is 20.0 Å². The van der Waals surface area contributed by atoms with E-state index in [-0.39, 0.29) is 5.82 Å². The molecular weight excluding hydrogens is 259 g/mol. The van der Waals surface area contributed by atoms with Crippen LogP contribution in [0.5, 0.6) is 0 Å². The number of nitrogens with one attached hydrogen (secondary N) is 2. The van der Waals surface area contributed by atoms with E-state index in [4.69, 9.17) is 4.52 Å². The monoisotopic (exact) mass is 276 g/mol. The van der Waals surface area contributed by atoms with Crippen molar-refractivity contribution in [3.8, 4) is 0 Å². The zero-order valence-corrected chi connectivity index (χ0v) is 11.3. The molecule has 0 aliphatic carbocycles. The quantitative estimate of drug-likeness (QED) is 0.648. The Balaban J connectivity index is 1.94. The lowest BCUT2D eigenvalue weighted by molar-refractivity contribution is 0.410. The average molecular weight is 276 g/mol. The number of aromatic nitrogens is 1. The molecule has 0 amide bonds. The predicted octanol–water partition coefficient (Wildman–Crippen LogP) is 2.07. The summed E-state index contributed by atoms with van der Waals surface area (Å²) in [7, 11) is 0. The highest BCUT2D eigenvalue weighted by Crippen LogP contribution is 2.04. The largest absolute Gasteiger partial charge is 0.364 e. The molecule has 0 saturated carbocycles. The number of nitrogens with zero attached hydrogens (tertiary/aromatic N) is 2. The van der Waals surface area contributed by atoms with Gasteiger partial charge in [-0.3, -0.25) is 0 Å². The van der Waals surface area contributed by atoms with Crippen molar-refractivity contribution in [1.29, 1.82) is 0 Å². The van der Waals surface area contributed by atoms with E-state index in [0.717, 1.165) is 17.8 Å². The minimum Gasteiger partial charge on any atom is -0.364 e. The molecule has 0 aliphatic heterocycles. The summed E-state index contributed by atoms with van der Waals surface area (Å²) in [4.78, 5) is 4.39. The first-order valence-electron chi connectivity index (χ1n) is 6.44. The molecule has 2 rings (SSSR count). The molecule has 5 nitrogen and oxygen atoms in total. The summed E-state index contributed by atoms with van der Waals surface area (Å²) in [5, 5.41) is 10.1. The van der Waals surface area contributed by atoms with Crippen molar-refractivity contribution >= 4 is 5.96 Å². The van der Waals surface area contributed by atoms with Crippen molar-refractivity contribution in [3.63, 3.8) is 0 Å². The molecule has 0 unspecified atom stereocenters. The van der Waals surface area contributed by atoms with Gasteiger partial charge in [0, 0.05) is 12.6 Å². The molecule has 1 aromatic heterocycles. The minimum atomic E-state index is -0.252. The van der Waals surface area contributed by atoms with Gasteiger partial charge in [-0.05, 0) is 24.6 Å². The van der Waals surface area contributed by atoms with E-state index in [1.54, 1.807) is 12.1 Å². The first-order chi connectivity index (χ1) is 9.78. The summed E-state index contributed by atoms with van der Waals surface area (Å²) in [6.07, 6.45) is 1.52. The van der Waals surface area contributed by atoms with E-state index in [2.05, 4.69) is 20.8 Å². The van der Waals surface area contributed by atoms with Gasteiger partial charge in [0.2, 0.25) is 0 Å². The molecule has 0 radical (unpaired) electrons. The van der Waals surface area contributed by atoms with Crippen LogP contribution in [0.4, 0.5) is 4.39 Å². The number of benzene rings is 1. The van der Waals surface area contributed by atoms with Gasteiger partial charge >= 0.3 is 0 Å². The maximum absolute atomic E-state index is 13.1. The van der Waals surface area contributed by atoms with Crippen LogP contribution in [-0.2, 0) is 13.1 Å². The fraction of sp³-hybridized carbons (Fsp3) is 0.286. The fourth-order valence-electron chi connectivity index (χ4n) is 1.65. The Hall–Kier alpha value is -2.37. The van der Waals surface area contributed by atoms with Gasteiger partial charge in [0.15, 0.2) is 5.96 Å². The van der Waals surface area contributed by atoms with Crippen LogP contribution in [0.2, 0.25) is 0 Å². The molecular formula is C14H17FN4O. The summed E-state index contributed by atoms with van der Waals surface area (Å²) >= 11 is 0. The zero-order valence-electron chi connectivity index (χ0n) is 11.3. The zero-order chi connectivity index (χ0) is 14.2. The SMILES string of the molecule is CCNC(=NCc1cccc(F)c1)NCc1ccon1. The van der Waals surface area contributed by atoms with Crippen LogP contribution in [0.15, 0.2) is 46.1 Å². The van der Waals surface area contributed by atoms with Crippen molar-refractivity contribution in [1.82, 2.24) is 15.8 Å². The van der Waals surface area contributed by atoms with Crippen LogP contribution in [-0.4, -0.2) is 17.7 Å². The molecule has 0 spiro atoms. The highest BCUT2D eigenvalue weighted by Gasteiger charge is 2.01. The van der Waals surface area contributed by atoms with Gasteiger partial charge in [-0.15, -0.1) is 0 Å². The molecule has 0 fully saturated rings. The molecule has 0 bridgehead atoms. The lowest BCUT2D eigenvalue weighted by atomic mass is 10.2. The number of aliphatic imine (C=N–C) groups is 1. The summed E-state index contributed by atoms with van der Waals surface area (Å²) < 4.78 is 17.8. The van der Waals surface area contributed by atoms with Gasteiger partial charge in [-0.2, -0.15) is 0 Å². The second-order valence-electron chi connectivity index (χ2n) is 4.17. The van der Waals surface area contributed by atoms with Crippen molar-refractivity contribution in [2.24, 2.45) is 4.99 Å². The maximum atomic E-state index is 13.1. The molecule has 0 saturated heterocycles. The number of guanidine groups is 1. The topological polar surface area (TPSA) is 62.5 Å². The predicted molar refractivity (Wildman–Crippen MR) is 74.6 cm³/mol. The Bertz CT molecular complexity index is 554. The molecule has 2 aromatic rings. The molecule has 6 heteroatoms. The Morgan fingerprint density at radius 3 is 2.95 bits per heavy atom. The van der Waals surface area contributed by atoms with Crippen LogP contribution < -0.4 is 10.6 Å². The lowest BCUT2D eigenvalue weighted by Crippen LogP contribution is -2.36. The summed E-state index contributed by atoms with van der Waals surface area (Å²) in [6, 6.07) is 8.19. The molecule has 2 N–H and O–H groups in total. The van der Waals surface area contributed by atoms with Gasteiger partial charge in [0.1, 0.15) is 17.8 Å².